The van der Waals surface area contributed by atoms with Crippen LogP contribution in [-0.4, -0.2) is 33.7 Å². The first kappa shape index (κ1) is 12.1. The molecule has 2 atom stereocenters. The standard InChI is InChI=1S/C15H22N2O/c18-15-7-3-1-5-13(15)11-17(10-8-15)12-14-6-2-4-9-16-14/h2,4,6,9,13,18H,1,3,5,7-8,10-12H2/t13-,15-/m1/s1. The number of hydrogen-bond donors (Lipinski definition) is 1. The lowest BCUT2D eigenvalue weighted by atomic mass is 9.71. The van der Waals surface area contributed by atoms with E-state index < -0.39 is 0 Å². The number of aliphatic hydroxyl groups is 1. The zero-order valence-corrected chi connectivity index (χ0v) is 10.9. The van der Waals surface area contributed by atoms with Gasteiger partial charge in [0.05, 0.1) is 11.3 Å². The van der Waals surface area contributed by atoms with Crippen LogP contribution in [0.1, 0.15) is 37.8 Å². The van der Waals surface area contributed by atoms with E-state index in [2.05, 4.69) is 16.0 Å². The number of likely N-dealkylation sites (tertiary alicyclic amines) is 1. The summed E-state index contributed by atoms with van der Waals surface area (Å²) >= 11 is 0. The molecule has 3 rings (SSSR count). The van der Waals surface area contributed by atoms with Crippen molar-refractivity contribution < 1.29 is 5.11 Å². The monoisotopic (exact) mass is 246 g/mol. The maximum atomic E-state index is 10.6. The highest BCUT2D eigenvalue weighted by molar-refractivity contribution is 5.04. The van der Waals surface area contributed by atoms with Gasteiger partial charge in [-0.05, 0) is 31.4 Å². The summed E-state index contributed by atoms with van der Waals surface area (Å²) in [7, 11) is 0. The van der Waals surface area contributed by atoms with E-state index in [9.17, 15) is 5.11 Å². The largest absolute Gasteiger partial charge is 0.390 e. The molecule has 3 heteroatoms. The van der Waals surface area contributed by atoms with Gasteiger partial charge in [-0.25, -0.2) is 0 Å². The van der Waals surface area contributed by atoms with Crippen LogP contribution in [0.3, 0.4) is 0 Å². The molecule has 1 aliphatic heterocycles. The summed E-state index contributed by atoms with van der Waals surface area (Å²) in [4.78, 5) is 6.84. The van der Waals surface area contributed by atoms with Crippen molar-refractivity contribution in [1.82, 2.24) is 9.88 Å². The minimum Gasteiger partial charge on any atom is -0.390 e. The van der Waals surface area contributed by atoms with Crippen LogP contribution in [0.25, 0.3) is 0 Å². The fourth-order valence-corrected chi connectivity index (χ4v) is 3.50. The normalized spacial score (nSPS) is 33.1. The van der Waals surface area contributed by atoms with Gasteiger partial charge in [0.1, 0.15) is 0 Å². The first-order valence-electron chi connectivity index (χ1n) is 7.11. The van der Waals surface area contributed by atoms with Gasteiger partial charge in [0.25, 0.3) is 0 Å². The van der Waals surface area contributed by atoms with Gasteiger partial charge in [-0.3, -0.25) is 9.88 Å². The maximum absolute atomic E-state index is 10.6. The van der Waals surface area contributed by atoms with E-state index in [4.69, 9.17) is 0 Å². The lowest BCUT2D eigenvalue weighted by Gasteiger charge is -2.47. The smallest absolute Gasteiger partial charge is 0.0700 e. The molecule has 1 aliphatic carbocycles. The van der Waals surface area contributed by atoms with Crippen LogP contribution >= 0.6 is 0 Å². The minimum absolute atomic E-state index is 0.362. The molecule has 0 radical (unpaired) electrons. The molecule has 3 nitrogen and oxygen atoms in total. The lowest BCUT2D eigenvalue weighted by Crippen LogP contribution is -2.53. The van der Waals surface area contributed by atoms with E-state index in [0.717, 1.165) is 38.2 Å². The van der Waals surface area contributed by atoms with E-state index in [1.165, 1.54) is 19.3 Å². The third-order valence-electron chi connectivity index (χ3n) is 4.62. The Balaban J connectivity index is 1.63. The Morgan fingerprint density at radius 2 is 2.28 bits per heavy atom. The first-order valence-corrected chi connectivity index (χ1v) is 7.11. The van der Waals surface area contributed by atoms with Crippen LogP contribution in [-0.2, 0) is 6.54 Å². The molecule has 1 aromatic rings. The number of nitrogens with zero attached hydrogens (tertiary/aromatic N) is 2. The zero-order valence-electron chi connectivity index (χ0n) is 10.9. The van der Waals surface area contributed by atoms with Crippen molar-refractivity contribution in [1.29, 1.82) is 0 Å². The molecule has 0 spiro atoms. The molecule has 2 aliphatic rings. The van der Waals surface area contributed by atoms with E-state index in [1.54, 1.807) is 0 Å². The molecular weight excluding hydrogens is 224 g/mol. The van der Waals surface area contributed by atoms with E-state index in [0.29, 0.717) is 5.92 Å². The van der Waals surface area contributed by atoms with Crippen molar-refractivity contribution in [3.05, 3.63) is 30.1 Å². The van der Waals surface area contributed by atoms with Crippen LogP contribution < -0.4 is 0 Å². The summed E-state index contributed by atoms with van der Waals surface area (Å²) in [5.74, 6) is 0.476. The van der Waals surface area contributed by atoms with Crippen molar-refractivity contribution in [3.63, 3.8) is 0 Å². The van der Waals surface area contributed by atoms with E-state index >= 15 is 0 Å². The first-order chi connectivity index (χ1) is 8.76. The van der Waals surface area contributed by atoms with Crippen molar-refractivity contribution >= 4 is 0 Å². The summed E-state index contributed by atoms with van der Waals surface area (Å²) in [5, 5.41) is 10.6. The van der Waals surface area contributed by atoms with Gasteiger partial charge in [0, 0.05) is 31.7 Å². The lowest BCUT2D eigenvalue weighted by molar-refractivity contribution is -0.0969. The van der Waals surface area contributed by atoms with Gasteiger partial charge >= 0.3 is 0 Å². The van der Waals surface area contributed by atoms with Gasteiger partial charge in [-0.15, -0.1) is 0 Å². The molecule has 98 valence electrons. The molecule has 0 unspecified atom stereocenters. The topological polar surface area (TPSA) is 36.4 Å². The van der Waals surface area contributed by atoms with Gasteiger partial charge < -0.3 is 5.11 Å². The van der Waals surface area contributed by atoms with E-state index in [1.807, 2.05) is 18.3 Å². The SMILES string of the molecule is O[C@@]12CCCC[C@@H]1CN(Cc1ccccn1)CC2. The average molecular weight is 246 g/mol. The Morgan fingerprint density at radius 3 is 3.11 bits per heavy atom. The second kappa shape index (κ2) is 4.98. The van der Waals surface area contributed by atoms with E-state index in [-0.39, 0.29) is 5.60 Å². The second-order valence-corrected chi connectivity index (χ2v) is 5.85. The fourth-order valence-electron chi connectivity index (χ4n) is 3.50. The molecule has 1 saturated heterocycles. The molecule has 0 aromatic carbocycles. The van der Waals surface area contributed by atoms with Crippen LogP contribution in [0.5, 0.6) is 0 Å². The van der Waals surface area contributed by atoms with Crippen LogP contribution in [0.4, 0.5) is 0 Å². The van der Waals surface area contributed by atoms with Crippen LogP contribution in [0.15, 0.2) is 24.4 Å². The molecule has 18 heavy (non-hydrogen) atoms. The highest BCUT2D eigenvalue weighted by Gasteiger charge is 2.42. The summed E-state index contributed by atoms with van der Waals surface area (Å²) in [6, 6.07) is 6.09. The maximum Gasteiger partial charge on any atom is 0.0700 e. The van der Waals surface area contributed by atoms with Crippen LogP contribution in [0.2, 0.25) is 0 Å². The number of aromatic nitrogens is 1. The highest BCUT2D eigenvalue weighted by Crippen LogP contribution is 2.39. The third kappa shape index (κ3) is 2.43. The second-order valence-electron chi connectivity index (χ2n) is 5.85. The molecule has 1 saturated carbocycles. The zero-order chi connectivity index (χ0) is 12.4. The highest BCUT2D eigenvalue weighted by atomic mass is 16.3. The third-order valence-corrected chi connectivity index (χ3v) is 4.62. The van der Waals surface area contributed by atoms with Gasteiger partial charge in [-0.2, -0.15) is 0 Å². The Bertz CT molecular complexity index is 395. The van der Waals surface area contributed by atoms with Crippen molar-refractivity contribution in [2.45, 2.75) is 44.2 Å². The summed E-state index contributed by atoms with van der Waals surface area (Å²) in [6.07, 6.45) is 7.47. The fraction of sp³-hybridized carbons (Fsp3) is 0.667. The Hall–Kier alpha value is -0.930. The number of fused-ring (bicyclic) bond motifs is 1. The molecule has 0 bridgehead atoms. The molecule has 1 N–H and O–H groups in total. The minimum atomic E-state index is -0.362. The number of piperidine rings is 1. The summed E-state index contributed by atoms with van der Waals surface area (Å²) in [6.45, 7) is 2.96. The molecule has 0 amide bonds. The predicted octanol–water partition coefficient (Wildman–Crippen LogP) is 2.21. The number of rotatable bonds is 2. The van der Waals surface area contributed by atoms with Crippen molar-refractivity contribution in [2.75, 3.05) is 13.1 Å². The quantitative estimate of drug-likeness (QED) is 0.869. The predicted molar refractivity (Wildman–Crippen MR) is 71.0 cm³/mol. The average Bonchev–Trinajstić information content (AvgIpc) is 2.40. The van der Waals surface area contributed by atoms with Crippen molar-refractivity contribution in [2.24, 2.45) is 5.92 Å². The Kier molecular flexibility index (Phi) is 3.35. The Labute approximate surface area is 109 Å². The molecule has 2 fully saturated rings. The summed E-state index contributed by atoms with van der Waals surface area (Å²) in [5.41, 5.74) is 0.775. The molecule has 1 aromatic heterocycles. The summed E-state index contributed by atoms with van der Waals surface area (Å²) < 4.78 is 0. The van der Waals surface area contributed by atoms with Gasteiger partial charge in [0.2, 0.25) is 0 Å². The van der Waals surface area contributed by atoms with Crippen LogP contribution in [0, 0.1) is 5.92 Å². The number of pyridine rings is 1. The van der Waals surface area contributed by atoms with Crippen molar-refractivity contribution in [3.8, 4) is 0 Å². The Morgan fingerprint density at radius 1 is 1.33 bits per heavy atom. The molecule has 2 heterocycles. The number of hydrogen-bond acceptors (Lipinski definition) is 3. The molecular formula is C15H22N2O. The van der Waals surface area contributed by atoms with Gasteiger partial charge in [-0.1, -0.05) is 18.9 Å². The van der Waals surface area contributed by atoms with Gasteiger partial charge in [0.15, 0.2) is 0 Å².